The number of rotatable bonds is 6. The number of guanidine groups is 1. The lowest BCUT2D eigenvalue weighted by Gasteiger charge is -2.39. The molecule has 184 valence electrons. The van der Waals surface area contributed by atoms with E-state index in [0.29, 0.717) is 49.3 Å². The molecule has 4 heterocycles. The summed E-state index contributed by atoms with van der Waals surface area (Å²) in [7, 11) is 1.63. The molecule has 0 spiro atoms. The molecule has 2 atom stereocenters. The molecule has 35 heavy (non-hydrogen) atoms. The predicted octanol–water partition coefficient (Wildman–Crippen LogP) is -0.500. The quantitative estimate of drug-likeness (QED) is 0.501. The van der Waals surface area contributed by atoms with Gasteiger partial charge in [0.2, 0.25) is 11.1 Å². The number of tetrazole rings is 1. The van der Waals surface area contributed by atoms with E-state index in [1.165, 1.54) is 16.7 Å². The van der Waals surface area contributed by atoms with Gasteiger partial charge < -0.3 is 20.4 Å². The van der Waals surface area contributed by atoms with Crippen LogP contribution in [0.25, 0.3) is 5.69 Å². The van der Waals surface area contributed by atoms with Crippen molar-refractivity contribution in [1.82, 2.24) is 40.2 Å². The molecule has 2 saturated heterocycles. The third kappa shape index (κ3) is 4.40. The van der Waals surface area contributed by atoms with Crippen molar-refractivity contribution < 1.29 is 14.4 Å². The standard InChI is InChI=1S/C21H26N10O3S/c1-28-17-15(18(33)24-20(28)34)30(19(23-17)29-9-7-13(8-10-29)16(22)32)11-12-35-21-25-26-27-31(21)14-5-3-2-4-6-14/h2-6,13,15,17H,7-12H2,1H3,(H2,22,32)(H,24,33,34). The number of imide groups is 1. The second-order valence-corrected chi connectivity index (χ2v) is 9.67. The molecule has 3 aliphatic rings. The minimum Gasteiger partial charge on any atom is -0.369 e. The molecule has 13 nitrogen and oxygen atoms in total. The van der Waals surface area contributed by atoms with Gasteiger partial charge in [-0.3, -0.25) is 14.9 Å². The SMILES string of the molecule is CN1C(=O)NC(=O)C2C1N=C(N1CCC(C(N)=O)CC1)N2CCSc1nnnn1-c1ccccc1. The van der Waals surface area contributed by atoms with Crippen LogP contribution in [0.2, 0.25) is 0 Å². The molecule has 0 radical (unpaired) electrons. The van der Waals surface area contributed by atoms with Crippen LogP contribution in [0.15, 0.2) is 40.5 Å². The van der Waals surface area contributed by atoms with Gasteiger partial charge in [-0.2, -0.15) is 4.68 Å². The molecule has 1 aromatic heterocycles. The van der Waals surface area contributed by atoms with E-state index in [0.717, 1.165) is 5.69 Å². The summed E-state index contributed by atoms with van der Waals surface area (Å²) in [6.45, 7) is 1.68. The number of thioether (sulfide) groups is 1. The van der Waals surface area contributed by atoms with E-state index in [-0.39, 0.29) is 17.7 Å². The first-order valence-corrected chi connectivity index (χ1v) is 12.4. The Kier molecular flexibility index (Phi) is 6.28. The van der Waals surface area contributed by atoms with Gasteiger partial charge in [-0.15, -0.1) is 5.10 Å². The van der Waals surface area contributed by atoms with E-state index < -0.39 is 18.2 Å². The molecule has 0 aliphatic carbocycles. The fourth-order valence-corrected chi connectivity index (χ4v) is 5.44. The van der Waals surface area contributed by atoms with Gasteiger partial charge in [0.25, 0.3) is 5.91 Å². The van der Waals surface area contributed by atoms with Gasteiger partial charge in [0.15, 0.2) is 18.2 Å². The number of aliphatic imine (C=N–C) groups is 1. The molecule has 5 rings (SSSR count). The Morgan fingerprint density at radius 2 is 1.94 bits per heavy atom. The van der Waals surface area contributed by atoms with Crippen molar-refractivity contribution in [3.63, 3.8) is 0 Å². The zero-order valence-corrected chi connectivity index (χ0v) is 20.0. The molecular formula is C21H26N10O3S. The summed E-state index contributed by atoms with van der Waals surface area (Å²) in [5, 5.41) is 15.1. The molecule has 14 heteroatoms. The Labute approximate surface area is 205 Å². The maximum absolute atomic E-state index is 12.8. The average Bonchev–Trinajstić information content (AvgIpc) is 3.49. The summed E-state index contributed by atoms with van der Waals surface area (Å²) in [4.78, 5) is 46.9. The van der Waals surface area contributed by atoms with Crippen molar-refractivity contribution >= 4 is 35.6 Å². The monoisotopic (exact) mass is 498 g/mol. The summed E-state index contributed by atoms with van der Waals surface area (Å²) in [5.74, 6) is 0.411. The second kappa shape index (κ2) is 9.52. The van der Waals surface area contributed by atoms with Gasteiger partial charge in [0, 0.05) is 38.4 Å². The third-order valence-electron chi connectivity index (χ3n) is 6.52. The van der Waals surface area contributed by atoms with Crippen molar-refractivity contribution in [2.24, 2.45) is 16.6 Å². The van der Waals surface area contributed by atoms with Crippen molar-refractivity contribution in [3.8, 4) is 5.69 Å². The van der Waals surface area contributed by atoms with E-state index in [9.17, 15) is 14.4 Å². The molecule has 2 aromatic rings. The number of urea groups is 1. The van der Waals surface area contributed by atoms with Crippen LogP contribution in [-0.2, 0) is 9.59 Å². The van der Waals surface area contributed by atoms with Crippen molar-refractivity contribution in [2.45, 2.75) is 30.2 Å². The maximum atomic E-state index is 12.8. The number of carbonyl (C=O) groups is 3. The van der Waals surface area contributed by atoms with Crippen LogP contribution in [0, 0.1) is 5.92 Å². The Morgan fingerprint density at radius 3 is 2.66 bits per heavy atom. The lowest BCUT2D eigenvalue weighted by atomic mass is 9.96. The fourth-order valence-electron chi connectivity index (χ4n) is 4.61. The van der Waals surface area contributed by atoms with Crippen LogP contribution in [0.4, 0.5) is 4.79 Å². The zero-order valence-electron chi connectivity index (χ0n) is 19.1. The van der Waals surface area contributed by atoms with E-state index in [2.05, 4.69) is 25.7 Å². The smallest absolute Gasteiger partial charge is 0.325 e. The van der Waals surface area contributed by atoms with Crippen molar-refractivity contribution in [1.29, 1.82) is 0 Å². The number of nitrogens with zero attached hydrogens (tertiary/aromatic N) is 8. The van der Waals surface area contributed by atoms with Crippen LogP contribution >= 0.6 is 11.8 Å². The lowest BCUT2D eigenvalue weighted by molar-refractivity contribution is -0.127. The number of likely N-dealkylation sites (tertiary alicyclic amines) is 1. The van der Waals surface area contributed by atoms with Crippen LogP contribution in [0.1, 0.15) is 12.8 Å². The van der Waals surface area contributed by atoms with Crippen molar-refractivity contribution in [2.75, 3.05) is 32.4 Å². The number of carbonyl (C=O) groups excluding carboxylic acids is 3. The average molecular weight is 499 g/mol. The molecule has 4 amide bonds. The van der Waals surface area contributed by atoms with Gasteiger partial charge in [0.1, 0.15) is 0 Å². The summed E-state index contributed by atoms with van der Waals surface area (Å²) in [6, 6.07) is 8.50. The minimum atomic E-state index is -0.632. The largest absolute Gasteiger partial charge is 0.369 e. The van der Waals surface area contributed by atoms with Gasteiger partial charge >= 0.3 is 6.03 Å². The van der Waals surface area contributed by atoms with E-state index in [4.69, 9.17) is 10.7 Å². The van der Waals surface area contributed by atoms with E-state index in [1.54, 1.807) is 11.7 Å². The second-order valence-electron chi connectivity index (χ2n) is 8.61. The highest BCUT2D eigenvalue weighted by molar-refractivity contribution is 7.99. The number of nitrogens with one attached hydrogen (secondary N) is 1. The van der Waals surface area contributed by atoms with Gasteiger partial charge in [-0.1, -0.05) is 30.0 Å². The number of nitrogens with two attached hydrogens (primary N) is 1. The summed E-state index contributed by atoms with van der Waals surface area (Å²) in [6.07, 6.45) is 0.637. The highest BCUT2D eigenvalue weighted by Crippen LogP contribution is 2.29. The van der Waals surface area contributed by atoms with Gasteiger partial charge in [-0.25, -0.2) is 9.79 Å². The number of piperidine rings is 1. The number of amides is 4. The Hall–Kier alpha value is -3.68. The number of fused-ring (bicyclic) bond motifs is 1. The van der Waals surface area contributed by atoms with Crippen LogP contribution in [0.5, 0.6) is 0 Å². The topological polar surface area (TPSA) is 155 Å². The zero-order chi connectivity index (χ0) is 24.5. The number of benzene rings is 1. The highest BCUT2D eigenvalue weighted by Gasteiger charge is 2.49. The minimum absolute atomic E-state index is 0.163. The Morgan fingerprint density at radius 1 is 1.20 bits per heavy atom. The molecule has 3 aliphatic heterocycles. The summed E-state index contributed by atoms with van der Waals surface area (Å²) in [5.41, 5.74) is 6.35. The number of aromatic nitrogens is 4. The third-order valence-corrected chi connectivity index (χ3v) is 7.42. The Bertz CT molecular complexity index is 1150. The lowest BCUT2D eigenvalue weighted by Crippen LogP contribution is -2.64. The normalized spacial score (nSPS) is 22.8. The molecule has 2 fully saturated rings. The molecule has 0 saturated carbocycles. The summed E-state index contributed by atoms with van der Waals surface area (Å²) < 4.78 is 1.67. The Balaban J connectivity index is 1.33. The molecular weight excluding hydrogens is 472 g/mol. The number of para-hydroxylation sites is 1. The van der Waals surface area contributed by atoms with E-state index in [1.807, 2.05) is 35.2 Å². The van der Waals surface area contributed by atoms with Crippen LogP contribution < -0.4 is 11.1 Å². The highest BCUT2D eigenvalue weighted by atomic mass is 32.2. The van der Waals surface area contributed by atoms with Crippen molar-refractivity contribution in [3.05, 3.63) is 30.3 Å². The fraction of sp³-hybridized carbons (Fsp3) is 0.476. The maximum Gasteiger partial charge on any atom is 0.325 e. The van der Waals surface area contributed by atoms with Gasteiger partial charge in [-0.05, 0) is 35.4 Å². The predicted molar refractivity (Wildman–Crippen MR) is 126 cm³/mol. The number of likely N-dealkylation sites (N-methyl/N-ethyl adjacent to an activating group) is 1. The van der Waals surface area contributed by atoms with Crippen LogP contribution in [0.3, 0.4) is 0 Å². The molecule has 3 N–H and O–H groups in total. The number of hydrogen-bond donors (Lipinski definition) is 2. The summed E-state index contributed by atoms with van der Waals surface area (Å²) >= 11 is 1.47. The first-order chi connectivity index (χ1) is 16.9. The first kappa shape index (κ1) is 23.1. The molecule has 2 unspecified atom stereocenters. The van der Waals surface area contributed by atoms with Crippen LogP contribution in [-0.4, -0.2) is 103 Å². The van der Waals surface area contributed by atoms with Gasteiger partial charge in [0.05, 0.1) is 5.69 Å². The van der Waals surface area contributed by atoms with E-state index >= 15 is 0 Å². The molecule has 1 aromatic carbocycles. The molecule has 0 bridgehead atoms. The number of hydrogen-bond acceptors (Lipinski definition) is 10. The number of primary amides is 1. The first-order valence-electron chi connectivity index (χ1n) is 11.4.